The Balaban J connectivity index is 0.000000531. The van der Waals surface area contributed by atoms with Crippen molar-refractivity contribution in [2.24, 2.45) is 5.41 Å². The summed E-state index contributed by atoms with van der Waals surface area (Å²) in [6.07, 6.45) is 11.7. The van der Waals surface area contributed by atoms with Crippen LogP contribution in [0.15, 0.2) is 23.8 Å². The van der Waals surface area contributed by atoms with Crippen molar-refractivity contribution in [2.75, 3.05) is 13.1 Å². The standard InChI is InChI=1S/C11H16N2.C2H6/c12-8-11(6-7-13-9-11)10-4-2-1-3-5-10;1-2/h2,4-5,8,12-13H,1,3,6-7,9H2;1-2H3. The van der Waals surface area contributed by atoms with Gasteiger partial charge in [0.2, 0.25) is 0 Å². The molecule has 15 heavy (non-hydrogen) atoms. The van der Waals surface area contributed by atoms with E-state index in [2.05, 4.69) is 23.5 Å². The van der Waals surface area contributed by atoms with Gasteiger partial charge in [-0.1, -0.05) is 32.1 Å². The highest BCUT2D eigenvalue weighted by atomic mass is 14.9. The van der Waals surface area contributed by atoms with Gasteiger partial charge < -0.3 is 10.7 Å². The second kappa shape index (κ2) is 5.86. The highest BCUT2D eigenvalue weighted by Gasteiger charge is 2.34. The molecule has 2 rings (SSSR count). The molecule has 1 aliphatic heterocycles. The SMILES string of the molecule is CC.N=CC1(C2=CCCC=C2)CCNC1. The number of rotatable bonds is 2. The van der Waals surface area contributed by atoms with Crippen molar-refractivity contribution >= 4 is 6.21 Å². The average molecular weight is 206 g/mol. The number of allylic oxidation sites excluding steroid dienone is 3. The van der Waals surface area contributed by atoms with Gasteiger partial charge in [-0.2, -0.15) is 0 Å². The van der Waals surface area contributed by atoms with Gasteiger partial charge in [-0.3, -0.25) is 0 Å². The zero-order chi connectivity index (χ0) is 11.1. The molecule has 2 nitrogen and oxygen atoms in total. The van der Waals surface area contributed by atoms with E-state index in [1.807, 2.05) is 13.8 Å². The molecule has 0 saturated carbocycles. The van der Waals surface area contributed by atoms with Crippen LogP contribution in [0.1, 0.15) is 33.1 Å². The summed E-state index contributed by atoms with van der Waals surface area (Å²) in [4.78, 5) is 0. The van der Waals surface area contributed by atoms with Crippen LogP contribution >= 0.6 is 0 Å². The minimum atomic E-state index is 0.0108. The molecule has 1 saturated heterocycles. The highest BCUT2D eigenvalue weighted by molar-refractivity contribution is 5.70. The van der Waals surface area contributed by atoms with Crippen molar-refractivity contribution in [1.82, 2.24) is 5.32 Å². The summed E-state index contributed by atoms with van der Waals surface area (Å²) in [5.41, 5.74) is 1.36. The lowest BCUT2D eigenvalue weighted by atomic mass is 9.78. The molecule has 0 spiro atoms. The molecular formula is C13H22N2. The van der Waals surface area contributed by atoms with E-state index < -0.39 is 0 Å². The van der Waals surface area contributed by atoms with E-state index >= 15 is 0 Å². The second-order valence-electron chi connectivity index (χ2n) is 3.87. The molecule has 1 heterocycles. The van der Waals surface area contributed by atoms with Crippen LogP contribution < -0.4 is 5.32 Å². The average Bonchev–Trinajstić information content (AvgIpc) is 2.83. The first-order valence-corrected chi connectivity index (χ1v) is 5.97. The third-order valence-electron chi connectivity index (χ3n) is 3.03. The molecule has 0 bridgehead atoms. The van der Waals surface area contributed by atoms with E-state index in [9.17, 15) is 0 Å². The minimum Gasteiger partial charge on any atom is -0.315 e. The molecule has 0 radical (unpaired) electrons. The summed E-state index contributed by atoms with van der Waals surface area (Å²) in [7, 11) is 0. The zero-order valence-electron chi connectivity index (χ0n) is 9.84. The Hall–Kier alpha value is -0.890. The predicted octanol–water partition coefficient (Wildman–Crippen LogP) is 2.92. The molecule has 1 unspecified atom stereocenters. The Morgan fingerprint density at radius 1 is 1.40 bits per heavy atom. The van der Waals surface area contributed by atoms with Gasteiger partial charge in [-0.15, -0.1) is 0 Å². The fourth-order valence-electron chi connectivity index (χ4n) is 2.15. The van der Waals surface area contributed by atoms with E-state index in [-0.39, 0.29) is 5.41 Å². The molecule has 0 aromatic rings. The summed E-state index contributed by atoms with van der Waals surface area (Å²) in [5, 5.41) is 10.9. The van der Waals surface area contributed by atoms with Crippen LogP contribution in [0, 0.1) is 10.8 Å². The van der Waals surface area contributed by atoms with E-state index in [0.29, 0.717) is 0 Å². The molecule has 0 amide bonds. The molecule has 1 aliphatic carbocycles. The topological polar surface area (TPSA) is 35.9 Å². The van der Waals surface area contributed by atoms with Gasteiger partial charge in [0, 0.05) is 18.2 Å². The normalized spacial score (nSPS) is 29.1. The molecular weight excluding hydrogens is 184 g/mol. The van der Waals surface area contributed by atoms with E-state index in [4.69, 9.17) is 5.41 Å². The van der Waals surface area contributed by atoms with Gasteiger partial charge >= 0.3 is 0 Å². The number of hydrogen-bond acceptors (Lipinski definition) is 2. The van der Waals surface area contributed by atoms with Crippen molar-refractivity contribution < 1.29 is 0 Å². The number of hydrogen-bond donors (Lipinski definition) is 2. The maximum absolute atomic E-state index is 7.54. The largest absolute Gasteiger partial charge is 0.315 e. The van der Waals surface area contributed by atoms with Gasteiger partial charge in [0.1, 0.15) is 0 Å². The lowest BCUT2D eigenvalue weighted by molar-refractivity contribution is 0.574. The summed E-state index contributed by atoms with van der Waals surface area (Å²) in [5.74, 6) is 0. The first kappa shape index (κ1) is 12.2. The molecule has 0 aromatic heterocycles. The maximum atomic E-state index is 7.54. The molecule has 84 valence electrons. The molecule has 1 fully saturated rings. The smallest absolute Gasteiger partial charge is 0.0432 e. The third-order valence-corrected chi connectivity index (χ3v) is 3.03. The van der Waals surface area contributed by atoms with Gasteiger partial charge in [0.05, 0.1) is 0 Å². The molecule has 0 aromatic carbocycles. The third kappa shape index (κ3) is 2.57. The van der Waals surface area contributed by atoms with Crippen molar-refractivity contribution in [3.63, 3.8) is 0 Å². The summed E-state index contributed by atoms with van der Waals surface area (Å²) in [6.45, 7) is 5.98. The number of nitrogens with one attached hydrogen (secondary N) is 2. The van der Waals surface area contributed by atoms with Crippen LogP contribution in [0.4, 0.5) is 0 Å². The quantitative estimate of drug-likeness (QED) is 0.670. The van der Waals surface area contributed by atoms with Crippen LogP contribution in [0.2, 0.25) is 0 Å². The van der Waals surface area contributed by atoms with E-state index in [1.165, 1.54) is 5.57 Å². The van der Waals surface area contributed by atoms with Crippen molar-refractivity contribution in [2.45, 2.75) is 33.1 Å². The molecule has 1 atom stereocenters. The Morgan fingerprint density at radius 2 is 2.20 bits per heavy atom. The molecule has 2 aliphatic rings. The predicted molar refractivity (Wildman–Crippen MR) is 66.5 cm³/mol. The zero-order valence-corrected chi connectivity index (χ0v) is 9.84. The van der Waals surface area contributed by atoms with Gasteiger partial charge in [-0.05, 0) is 31.4 Å². The Labute approximate surface area is 93.0 Å². The van der Waals surface area contributed by atoms with Crippen molar-refractivity contribution in [3.05, 3.63) is 23.8 Å². The molecule has 2 N–H and O–H groups in total. The second-order valence-corrected chi connectivity index (χ2v) is 3.87. The van der Waals surface area contributed by atoms with Crippen LogP contribution in [0.3, 0.4) is 0 Å². The van der Waals surface area contributed by atoms with Gasteiger partial charge in [0.15, 0.2) is 0 Å². The van der Waals surface area contributed by atoms with Crippen molar-refractivity contribution in [1.29, 1.82) is 5.41 Å². The van der Waals surface area contributed by atoms with E-state index in [1.54, 1.807) is 6.21 Å². The van der Waals surface area contributed by atoms with Crippen molar-refractivity contribution in [3.8, 4) is 0 Å². The molecule has 2 heteroatoms. The monoisotopic (exact) mass is 206 g/mol. The fourth-order valence-corrected chi connectivity index (χ4v) is 2.15. The van der Waals surface area contributed by atoms with Crippen LogP contribution in [0.25, 0.3) is 0 Å². The Bertz CT molecular complexity index is 258. The minimum absolute atomic E-state index is 0.0108. The lowest BCUT2D eigenvalue weighted by Crippen LogP contribution is -2.27. The summed E-state index contributed by atoms with van der Waals surface area (Å²) in [6, 6.07) is 0. The van der Waals surface area contributed by atoms with Crippen LogP contribution in [0.5, 0.6) is 0 Å². The first-order valence-electron chi connectivity index (χ1n) is 5.97. The Kier molecular flexibility index (Phi) is 4.76. The van der Waals surface area contributed by atoms with Crippen LogP contribution in [-0.2, 0) is 0 Å². The Morgan fingerprint density at radius 3 is 2.67 bits per heavy atom. The summed E-state index contributed by atoms with van der Waals surface area (Å²) >= 11 is 0. The van der Waals surface area contributed by atoms with Gasteiger partial charge in [-0.25, -0.2) is 0 Å². The fraction of sp³-hybridized carbons (Fsp3) is 0.615. The first-order chi connectivity index (χ1) is 7.37. The highest BCUT2D eigenvalue weighted by Crippen LogP contribution is 2.34. The van der Waals surface area contributed by atoms with Gasteiger partial charge in [0.25, 0.3) is 0 Å². The summed E-state index contributed by atoms with van der Waals surface area (Å²) < 4.78 is 0. The maximum Gasteiger partial charge on any atom is 0.0432 e. The van der Waals surface area contributed by atoms with Crippen LogP contribution in [-0.4, -0.2) is 19.3 Å². The lowest BCUT2D eigenvalue weighted by Gasteiger charge is -2.26. The van der Waals surface area contributed by atoms with E-state index in [0.717, 1.165) is 32.4 Å².